The molecule has 200 valence electrons. The number of methoxy groups -OCH3 is 2. The van der Waals surface area contributed by atoms with E-state index in [0.717, 1.165) is 33.9 Å². The first-order valence-electron chi connectivity index (χ1n) is 11.2. The third kappa shape index (κ3) is 8.26. The summed E-state index contributed by atoms with van der Waals surface area (Å²) >= 11 is 8.08. The largest absolute Gasteiger partial charge is 0.493 e. The number of hydrogen-bond donors (Lipinski definition) is 3. The van der Waals surface area contributed by atoms with Gasteiger partial charge in [0.15, 0.2) is 11.5 Å². The molecule has 0 saturated heterocycles. The van der Waals surface area contributed by atoms with Crippen molar-refractivity contribution in [2.75, 3.05) is 33.9 Å². The van der Waals surface area contributed by atoms with Crippen molar-refractivity contribution in [1.82, 2.24) is 15.3 Å². The minimum absolute atomic E-state index is 0. The van der Waals surface area contributed by atoms with Crippen LogP contribution in [-0.2, 0) is 6.42 Å². The Bertz CT molecular complexity index is 1240. The average molecular weight is 587 g/mol. The number of halogens is 3. The quantitative estimate of drug-likeness (QED) is 0.179. The average Bonchev–Trinajstić information content (AvgIpc) is 3.58. The smallest absolute Gasteiger partial charge is 0.160 e. The summed E-state index contributed by atoms with van der Waals surface area (Å²) in [5.41, 5.74) is 2.95. The fourth-order valence-corrected chi connectivity index (χ4v) is 4.50. The second-order valence-corrected chi connectivity index (χ2v) is 9.23. The van der Waals surface area contributed by atoms with E-state index in [1.54, 1.807) is 31.6 Å². The van der Waals surface area contributed by atoms with Gasteiger partial charge in [0.1, 0.15) is 24.3 Å². The summed E-state index contributed by atoms with van der Waals surface area (Å²) in [5.74, 6) is 2.66. The number of thiophene rings is 1. The number of aromatic amines is 1. The molecule has 2 aromatic heterocycles. The van der Waals surface area contributed by atoms with Gasteiger partial charge >= 0.3 is 0 Å². The van der Waals surface area contributed by atoms with Crippen LogP contribution in [0.15, 0.2) is 60.1 Å². The molecule has 7 nitrogen and oxygen atoms in total. The van der Waals surface area contributed by atoms with Crippen molar-refractivity contribution in [3.05, 3.63) is 70.7 Å². The van der Waals surface area contributed by atoms with Gasteiger partial charge in [0.25, 0.3) is 0 Å². The number of aliphatic hydroxyl groups is 1. The highest BCUT2D eigenvalue weighted by Gasteiger charge is 2.11. The molecule has 37 heavy (non-hydrogen) atoms. The number of rotatable bonds is 12. The highest BCUT2D eigenvalue weighted by Crippen LogP contribution is 2.31. The number of ether oxygens (including phenoxy) is 3. The van der Waals surface area contributed by atoms with Crippen LogP contribution in [0.4, 0.5) is 0 Å². The third-order valence-electron chi connectivity index (χ3n) is 5.42. The molecule has 0 saturated carbocycles. The van der Waals surface area contributed by atoms with Crippen LogP contribution in [0.2, 0.25) is 5.02 Å². The molecule has 0 aliphatic carbocycles. The van der Waals surface area contributed by atoms with Gasteiger partial charge in [0.2, 0.25) is 0 Å². The second kappa shape index (κ2) is 15.1. The third-order valence-corrected chi connectivity index (χ3v) is 6.62. The summed E-state index contributed by atoms with van der Waals surface area (Å²) in [5, 5.41) is 16.0. The molecule has 0 aliphatic rings. The lowest BCUT2D eigenvalue weighted by molar-refractivity contribution is 0.107. The van der Waals surface area contributed by atoms with Crippen molar-refractivity contribution in [1.29, 1.82) is 0 Å². The minimum atomic E-state index is -0.672. The van der Waals surface area contributed by atoms with E-state index in [1.807, 2.05) is 54.0 Å². The summed E-state index contributed by atoms with van der Waals surface area (Å²) in [7, 11) is 3.24. The van der Waals surface area contributed by atoms with Gasteiger partial charge in [0, 0.05) is 12.1 Å². The Labute approximate surface area is 238 Å². The molecule has 0 fully saturated rings. The van der Waals surface area contributed by atoms with Gasteiger partial charge in [-0.25, -0.2) is 4.98 Å². The van der Waals surface area contributed by atoms with Gasteiger partial charge in [-0.15, -0.1) is 36.2 Å². The van der Waals surface area contributed by atoms with Crippen molar-refractivity contribution in [3.8, 4) is 39.2 Å². The monoisotopic (exact) mass is 585 g/mol. The molecular weight excluding hydrogens is 557 g/mol. The molecule has 0 amide bonds. The van der Waals surface area contributed by atoms with Gasteiger partial charge in [-0.2, -0.15) is 0 Å². The Hall–Kier alpha value is -2.46. The maximum Gasteiger partial charge on any atom is 0.160 e. The Balaban J connectivity index is 0.00000241. The van der Waals surface area contributed by atoms with Gasteiger partial charge in [-0.1, -0.05) is 23.7 Å². The zero-order chi connectivity index (χ0) is 24.6. The number of hydrogen-bond acceptors (Lipinski definition) is 7. The maximum atomic E-state index is 10.3. The molecule has 0 radical (unpaired) electrons. The molecular formula is C26H30Cl3N3O4S. The van der Waals surface area contributed by atoms with Crippen LogP contribution >= 0.6 is 47.8 Å². The molecule has 1 atom stereocenters. The number of H-pyrrole nitrogens is 1. The van der Waals surface area contributed by atoms with Gasteiger partial charge in [0.05, 0.1) is 36.0 Å². The molecule has 0 unspecified atom stereocenters. The molecule has 4 aromatic rings. The van der Waals surface area contributed by atoms with E-state index in [9.17, 15) is 5.11 Å². The van der Waals surface area contributed by atoms with Crippen LogP contribution in [0.3, 0.4) is 0 Å². The fourth-order valence-electron chi connectivity index (χ4n) is 3.57. The van der Waals surface area contributed by atoms with E-state index in [0.29, 0.717) is 35.4 Å². The Morgan fingerprint density at radius 3 is 2.54 bits per heavy atom. The van der Waals surface area contributed by atoms with E-state index in [-0.39, 0.29) is 31.4 Å². The Kier molecular flexibility index (Phi) is 12.5. The Morgan fingerprint density at radius 1 is 1.05 bits per heavy atom. The van der Waals surface area contributed by atoms with E-state index < -0.39 is 6.10 Å². The molecule has 0 bridgehead atoms. The first-order valence-corrected chi connectivity index (χ1v) is 12.4. The van der Waals surface area contributed by atoms with Crippen molar-refractivity contribution in [2.45, 2.75) is 12.5 Å². The lowest BCUT2D eigenvalue weighted by Gasteiger charge is -2.15. The van der Waals surface area contributed by atoms with E-state index in [2.05, 4.69) is 15.3 Å². The van der Waals surface area contributed by atoms with E-state index >= 15 is 0 Å². The second-order valence-electron chi connectivity index (χ2n) is 7.88. The lowest BCUT2D eigenvalue weighted by atomic mass is 10.1. The highest BCUT2D eigenvalue weighted by atomic mass is 35.5. The predicted octanol–water partition coefficient (Wildman–Crippen LogP) is 5.89. The first kappa shape index (κ1) is 30.8. The fraction of sp³-hybridized carbons (Fsp3) is 0.269. The normalized spacial score (nSPS) is 11.2. The molecule has 11 heteroatoms. The minimum Gasteiger partial charge on any atom is -0.493 e. The van der Waals surface area contributed by atoms with Crippen LogP contribution in [0.25, 0.3) is 22.0 Å². The summed E-state index contributed by atoms with van der Waals surface area (Å²) in [6.07, 6.45) is 1.94. The van der Waals surface area contributed by atoms with Crippen molar-refractivity contribution in [3.63, 3.8) is 0 Å². The first-order chi connectivity index (χ1) is 17.1. The van der Waals surface area contributed by atoms with Crippen molar-refractivity contribution < 1.29 is 19.3 Å². The van der Waals surface area contributed by atoms with Gasteiger partial charge in [-0.05, 0) is 60.3 Å². The van der Waals surface area contributed by atoms with E-state index in [4.69, 9.17) is 25.8 Å². The molecule has 2 aromatic carbocycles. The Morgan fingerprint density at radius 2 is 1.84 bits per heavy atom. The van der Waals surface area contributed by atoms with Crippen LogP contribution in [0.5, 0.6) is 17.2 Å². The molecule has 2 heterocycles. The maximum absolute atomic E-state index is 10.3. The summed E-state index contributed by atoms with van der Waals surface area (Å²) in [4.78, 5) is 8.91. The standard InChI is InChI=1S/C26H28ClN3O4S.2ClH/c1-32-23-7-5-17(12-24(23)33-2)9-10-28-14-19(31)16-34-22-8-6-18(13-20(22)27)26-29-15-21(30-26)25-4-3-11-35-25;;/h3-8,11-13,15,19,28,31H,9-10,14,16H2,1-2H3,(H,29,30);2*1H/t19-;;/m0../s1. The van der Waals surface area contributed by atoms with Crippen LogP contribution in [0, 0.1) is 0 Å². The summed E-state index contributed by atoms with van der Waals surface area (Å²) in [6.45, 7) is 1.24. The van der Waals surface area contributed by atoms with Gasteiger partial charge < -0.3 is 29.6 Å². The van der Waals surface area contributed by atoms with Crippen LogP contribution in [0.1, 0.15) is 5.56 Å². The van der Waals surface area contributed by atoms with Crippen molar-refractivity contribution >= 4 is 47.8 Å². The zero-order valence-corrected chi connectivity index (χ0v) is 23.6. The lowest BCUT2D eigenvalue weighted by Crippen LogP contribution is -2.32. The van der Waals surface area contributed by atoms with Crippen LogP contribution in [-0.4, -0.2) is 55.1 Å². The molecule has 0 spiro atoms. The van der Waals surface area contributed by atoms with Crippen LogP contribution < -0.4 is 19.5 Å². The number of benzene rings is 2. The molecule has 3 N–H and O–H groups in total. The van der Waals surface area contributed by atoms with E-state index in [1.165, 1.54) is 0 Å². The molecule has 4 rings (SSSR count). The number of nitrogens with zero attached hydrogens (tertiary/aromatic N) is 1. The number of imidazole rings is 1. The SMILES string of the molecule is COc1ccc(CCNC[C@H](O)COc2ccc(-c3ncc(-c4cccs4)[nH]3)cc2Cl)cc1OC.Cl.Cl. The number of aromatic nitrogens is 2. The zero-order valence-electron chi connectivity index (χ0n) is 20.4. The number of aliphatic hydroxyl groups excluding tert-OH is 1. The number of nitrogens with one attached hydrogen (secondary N) is 2. The van der Waals surface area contributed by atoms with Crippen molar-refractivity contribution in [2.24, 2.45) is 0 Å². The summed E-state index contributed by atoms with van der Waals surface area (Å²) in [6, 6.07) is 15.4. The highest BCUT2D eigenvalue weighted by molar-refractivity contribution is 7.13. The topological polar surface area (TPSA) is 88.6 Å². The predicted molar refractivity (Wildman–Crippen MR) is 154 cm³/mol. The molecule has 0 aliphatic heterocycles. The van der Waals surface area contributed by atoms with Gasteiger partial charge in [-0.3, -0.25) is 0 Å². The summed E-state index contributed by atoms with van der Waals surface area (Å²) < 4.78 is 16.3.